The van der Waals surface area contributed by atoms with Crippen molar-refractivity contribution in [1.82, 2.24) is 4.90 Å². The van der Waals surface area contributed by atoms with Crippen molar-refractivity contribution in [3.63, 3.8) is 0 Å². The molecule has 3 aliphatic heterocycles. The Hall–Kier alpha value is -1.41. The molecule has 3 saturated heterocycles. The number of hydrogen-bond donors (Lipinski definition) is 0. The molecular formula is C8H11NO6Si. The van der Waals surface area contributed by atoms with Crippen LogP contribution in [0.4, 0.5) is 0 Å². The topological polar surface area (TPSA) is 82.1 Å². The molecule has 88 valence electrons. The van der Waals surface area contributed by atoms with E-state index >= 15 is 0 Å². The number of carbonyl (C=O) groups is 3. The van der Waals surface area contributed by atoms with Crippen LogP contribution in [0.15, 0.2) is 0 Å². The van der Waals surface area contributed by atoms with Crippen LogP contribution in [0.1, 0.15) is 6.92 Å². The minimum atomic E-state index is -3.47. The molecular weight excluding hydrogens is 234 g/mol. The second-order valence-electron chi connectivity index (χ2n) is 3.60. The van der Waals surface area contributed by atoms with Crippen molar-refractivity contribution < 1.29 is 27.7 Å². The largest absolute Gasteiger partial charge is 0.704 e. The number of rotatable bonds is 1. The molecule has 3 heterocycles. The van der Waals surface area contributed by atoms with E-state index in [2.05, 4.69) is 0 Å². The Morgan fingerprint density at radius 1 is 1.00 bits per heavy atom. The summed E-state index contributed by atoms with van der Waals surface area (Å²) in [5.74, 6) is -1.56. The zero-order valence-electron chi connectivity index (χ0n) is 8.73. The van der Waals surface area contributed by atoms with Crippen LogP contribution in [0.5, 0.6) is 0 Å². The van der Waals surface area contributed by atoms with Crippen LogP contribution in [0.2, 0.25) is 6.04 Å². The van der Waals surface area contributed by atoms with Crippen LogP contribution in [-0.2, 0) is 27.7 Å². The number of fused-ring (bicyclic) bond motifs is 6. The zero-order valence-corrected chi connectivity index (χ0v) is 9.73. The highest BCUT2D eigenvalue weighted by molar-refractivity contribution is 6.65. The Labute approximate surface area is 92.6 Å². The lowest BCUT2D eigenvalue weighted by atomic mass is 10.4. The van der Waals surface area contributed by atoms with Gasteiger partial charge in [0.25, 0.3) is 0 Å². The molecule has 3 fully saturated rings. The summed E-state index contributed by atoms with van der Waals surface area (Å²) in [6.45, 7) is 1.40. The Morgan fingerprint density at radius 2 is 1.38 bits per heavy atom. The molecule has 0 unspecified atom stereocenters. The molecule has 16 heavy (non-hydrogen) atoms. The third-order valence-electron chi connectivity index (χ3n) is 2.30. The fourth-order valence-electron chi connectivity index (χ4n) is 1.61. The maximum atomic E-state index is 11.4. The summed E-state index contributed by atoms with van der Waals surface area (Å²) in [4.78, 5) is 35.6. The molecule has 0 aliphatic carbocycles. The second kappa shape index (κ2) is 3.87. The standard InChI is InChI=1S/C8H11NO6Si/c1-2-16-13-6(10)3-9(4-7(11)14-16)5-8(12)15-16/h2-5H2,1H3. The van der Waals surface area contributed by atoms with Crippen molar-refractivity contribution in [3.8, 4) is 0 Å². The van der Waals surface area contributed by atoms with E-state index < -0.39 is 26.7 Å². The highest BCUT2D eigenvalue weighted by Crippen LogP contribution is 2.21. The minimum absolute atomic E-state index is 0.0844. The van der Waals surface area contributed by atoms with Gasteiger partial charge in [0.2, 0.25) is 0 Å². The Balaban J connectivity index is 2.34. The molecule has 0 radical (unpaired) electrons. The van der Waals surface area contributed by atoms with Crippen LogP contribution in [0.25, 0.3) is 0 Å². The van der Waals surface area contributed by atoms with E-state index in [1.165, 1.54) is 4.90 Å². The van der Waals surface area contributed by atoms with Gasteiger partial charge in [-0.1, -0.05) is 6.92 Å². The molecule has 0 aromatic carbocycles. The number of nitrogens with zero attached hydrogens (tertiary/aromatic N) is 1. The SMILES string of the molecule is CC[Si]12OC(=O)CN(CC(=O)O1)CC(=O)O2. The normalized spacial score (nSPS) is 34.3. The molecule has 2 bridgehead atoms. The van der Waals surface area contributed by atoms with Crippen molar-refractivity contribution in [2.24, 2.45) is 0 Å². The van der Waals surface area contributed by atoms with Crippen LogP contribution in [0, 0.1) is 0 Å². The van der Waals surface area contributed by atoms with Gasteiger partial charge >= 0.3 is 26.7 Å². The average molecular weight is 245 g/mol. The van der Waals surface area contributed by atoms with Gasteiger partial charge in [0, 0.05) is 0 Å². The van der Waals surface area contributed by atoms with Gasteiger partial charge in [0.15, 0.2) is 0 Å². The Kier molecular flexibility index (Phi) is 2.68. The van der Waals surface area contributed by atoms with Gasteiger partial charge in [-0.05, 0) is 0 Å². The highest BCUT2D eigenvalue weighted by atomic mass is 28.4. The molecule has 0 N–H and O–H groups in total. The van der Waals surface area contributed by atoms with Crippen LogP contribution >= 0.6 is 0 Å². The van der Waals surface area contributed by atoms with Gasteiger partial charge in [0.05, 0.1) is 25.7 Å². The fourth-order valence-corrected chi connectivity index (χ4v) is 3.40. The fraction of sp³-hybridized carbons (Fsp3) is 0.625. The Bertz CT molecular complexity index is 306. The molecule has 3 rings (SSSR count). The summed E-state index contributed by atoms with van der Waals surface area (Å²) in [6, 6.07) is 0.205. The predicted octanol–water partition coefficient (Wildman–Crippen LogP) is -1.10. The van der Waals surface area contributed by atoms with E-state index in [0.29, 0.717) is 0 Å². The lowest BCUT2D eigenvalue weighted by Crippen LogP contribution is -2.59. The molecule has 7 nitrogen and oxygen atoms in total. The number of hydrogen-bond acceptors (Lipinski definition) is 7. The van der Waals surface area contributed by atoms with E-state index in [1.54, 1.807) is 6.92 Å². The van der Waals surface area contributed by atoms with Crippen molar-refractivity contribution >= 4 is 26.7 Å². The minimum Gasteiger partial charge on any atom is -0.454 e. The van der Waals surface area contributed by atoms with E-state index in [0.717, 1.165) is 0 Å². The van der Waals surface area contributed by atoms with E-state index in [4.69, 9.17) is 13.3 Å². The quantitative estimate of drug-likeness (QED) is 0.542. The van der Waals surface area contributed by atoms with Gasteiger partial charge in [-0.3, -0.25) is 19.3 Å². The lowest BCUT2D eigenvalue weighted by molar-refractivity contribution is -0.161. The number of carbonyl (C=O) groups excluding carboxylic acids is 3. The van der Waals surface area contributed by atoms with E-state index in [9.17, 15) is 14.4 Å². The summed E-state index contributed by atoms with van der Waals surface area (Å²) in [5.41, 5.74) is 0. The molecule has 0 saturated carbocycles. The van der Waals surface area contributed by atoms with Gasteiger partial charge in [-0.15, -0.1) is 0 Å². The molecule has 0 aromatic rings. The lowest BCUT2D eigenvalue weighted by Gasteiger charge is -2.34. The highest BCUT2D eigenvalue weighted by Gasteiger charge is 2.54. The summed E-state index contributed by atoms with van der Waals surface area (Å²) in [5, 5.41) is 0. The van der Waals surface area contributed by atoms with Crippen molar-refractivity contribution in [1.29, 1.82) is 0 Å². The van der Waals surface area contributed by atoms with Crippen molar-refractivity contribution in [2.45, 2.75) is 13.0 Å². The van der Waals surface area contributed by atoms with Gasteiger partial charge < -0.3 is 13.3 Å². The molecule has 0 atom stereocenters. The van der Waals surface area contributed by atoms with Crippen LogP contribution < -0.4 is 0 Å². The first-order valence-corrected chi connectivity index (χ1v) is 6.84. The maximum absolute atomic E-state index is 11.4. The third kappa shape index (κ3) is 2.07. The van der Waals surface area contributed by atoms with E-state index in [-0.39, 0.29) is 25.7 Å². The summed E-state index contributed by atoms with van der Waals surface area (Å²) < 4.78 is 15.0. The second-order valence-corrected chi connectivity index (χ2v) is 6.29. The van der Waals surface area contributed by atoms with Gasteiger partial charge in [-0.25, -0.2) is 0 Å². The molecule has 0 aromatic heterocycles. The molecule has 0 spiro atoms. The van der Waals surface area contributed by atoms with Crippen LogP contribution in [-0.4, -0.2) is 51.2 Å². The summed E-state index contributed by atoms with van der Waals surface area (Å²) in [7, 11) is -3.47. The molecule has 3 aliphatic rings. The molecule has 0 amide bonds. The maximum Gasteiger partial charge on any atom is 0.704 e. The predicted molar refractivity (Wildman–Crippen MR) is 51.0 cm³/mol. The molecule has 8 heteroatoms. The first-order chi connectivity index (χ1) is 7.53. The smallest absolute Gasteiger partial charge is 0.454 e. The Morgan fingerprint density at radius 3 is 1.69 bits per heavy atom. The van der Waals surface area contributed by atoms with Gasteiger partial charge in [-0.2, -0.15) is 0 Å². The van der Waals surface area contributed by atoms with Crippen molar-refractivity contribution in [2.75, 3.05) is 19.6 Å². The summed E-state index contributed by atoms with van der Waals surface area (Å²) >= 11 is 0. The first kappa shape index (κ1) is 11.1. The zero-order chi connectivity index (χ0) is 11.8. The third-order valence-corrected chi connectivity index (χ3v) is 4.78. The van der Waals surface area contributed by atoms with E-state index in [1.807, 2.05) is 0 Å². The average Bonchev–Trinajstić information content (AvgIpc) is 2.11. The van der Waals surface area contributed by atoms with Crippen molar-refractivity contribution in [3.05, 3.63) is 0 Å². The van der Waals surface area contributed by atoms with Gasteiger partial charge in [0.1, 0.15) is 0 Å². The van der Waals surface area contributed by atoms with Crippen LogP contribution in [0.3, 0.4) is 0 Å². The summed E-state index contributed by atoms with van der Waals surface area (Å²) in [6.07, 6.45) is 0. The monoisotopic (exact) mass is 245 g/mol. The first-order valence-electron chi connectivity index (χ1n) is 4.91.